The Bertz CT molecular complexity index is 620. The Morgan fingerprint density at radius 3 is 2.62 bits per heavy atom. The van der Waals surface area contributed by atoms with Crippen molar-refractivity contribution in [3.8, 4) is 0 Å². The van der Waals surface area contributed by atoms with Gasteiger partial charge in [0.25, 0.3) is 5.91 Å². The largest absolute Gasteiger partial charge is 0.384 e. The lowest BCUT2D eigenvalue weighted by Gasteiger charge is -2.13. The van der Waals surface area contributed by atoms with Crippen LogP contribution >= 0.6 is 11.6 Å². The maximum atomic E-state index is 12.5. The van der Waals surface area contributed by atoms with E-state index >= 15 is 0 Å². The van der Waals surface area contributed by atoms with Gasteiger partial charge in [-0.2, -0.15) is 0 Å². The summed E-state index contributed by atoms with van der Waals surface area (Å²) in [4.78, 5) is 12.5. The van der Waals surface area contributed by atoms with Crippen molar-refractivity contribution in [3.63, 3.8) is 0 Å². The van der Waals surface area contributed by atoms with Crippen LogP contribution in [0.2, 0.25) is 5.02 Å². The van der Waals surface area contributed by atoms with Gasteiger partial charge in [0.1, 0.15) is 0 Å². The summed E-state index contributed by atoms with van der Waals surface area (Å²) in [5.74, 6) is -0.162. The van der Waals surface area contributed by atoms with Crippen LogP contribution in [0, 0.1) is 6.92 Å². The smallest absolute Gasteiger partial charge is 0.257 e. The number of para-hydroxylation sites is 2. The maximum absolute atomic E-state index is 12.5. The highest BCUT2D eigenvalue weighted by molar-refractivity contribution is 6.34. The summed E-state index contributed by atoms with van der Waals surface area (Å²) >= 11 is 6.15. The van der Waals surface area contributed by atoms with Gasteiger partial charge in [-0.05, 0) is 37.1 Å². The lowest BCUT2D eigenvalue weighted by atomic mass is 10.1. The summed E-state index contributed by atoms with van der Waals surface area (Å²) in [6, 6.07) is 13.0. The summed E-state index contributed by atoms with van der Waals surface area (Å²) in [5, 5.41) is 6.71. The van der Waals surface area contributed by atoms with Crippen LogP contribution in [0.5, 0.6) is 0 Å². The number of benzene rings is 2. The number of hydrogen-bond acceptors (Lipinski definition) is 2. The Morgan fingerprint density at radius 1 is 1.14 bits per heavy atom. The lowest BCUT2D eigenvalue weighted by Crippen LogP contribution is -2.16. The van der Waals surface area contributed by atoms with E-state index in [1.54, 1.807) is 12.1 Å². The van der Waals surface area contributed by atoms with Crippen LogP contribution in [-0.4, -0.2) is 12.5 Å². The Labute approximate surface area is 130 Å². The minimum absolute atomic E-state index is 0.162. The van der Waals surface area contributed by atoms with Crippen LogP contribution in [0.3, 0.4) is 0 Å². The van der Waals surface area contributed by atoms with Gasteiger partial charge in [-0.25, -0.2) is 0 Å². The predicted octanol–water partition coefficient (Wildman–Crippen LogP) is 4.72. The first-order valence-corrected chi connectivity index (χ1v) is 7.40. The van der Waals surface area contributed by atoms with Gasteiger partial charge in [0.15, 0.2) is 0 Å². The highest BCUT2D eigenvalue weighted by Gasteiger charge is 2.13. The van der Waals surface area contributed by atoms with E-state index in [9.17, 15) is 4.79 Å². The normalized spacial score (nSPS) is 10.2. The van der Waals surface area contributed by atoms with Gasteiger partial charge in [0, 0.05) is 12.2 Å². The fourth-order valence-corrected chi connectivity index (χ4v) is 2.34. The molecule has 0 saturated heterocycles. The standard InChI is InChI=1S/C17H19ClN2O/c1-3-11-19-15-10-5-4-8-13(15)17(21)20-16-12(2)7-6-9-14(16)18/h4-10,19H,3,11H2,1-2H3,(H,20,21). The minimum atomic E-state index is -0.162. The molecule has 0 unspecified atom stereocenters. The number of aryl methyl sites for hydroxylation is 1. The molecule has 3 nitrogen and oxygen atoms in total. The zero-order valence-electron chi connectivity index (χ0n) is 12.2. The van der Waals surface area contributed by atoms with Gasteiger partial charge in [0.05, 0.1) is 16.3 Å². The molecule has 0 aliphatic rings. The third kappa shape index (κ3) is 3.76. The molecule has 2 aromatic carbocycles. The van der Waals surface area contributed by atoms with Crippen LogP contribution in [0.1, 0.15) is 29.3 Å². The molecule has 0 radical (unpaired) electrons. The van der Waals surface area contributed by atoms with Gasteiger partial charge in [0.2, 0.25) is 0 Å². The summed E-state index contributed by atoms with van der Waals surface area (Å²) in [7, 11) is 0. The van der Waals surface area contributed by atoms with Crippen molar-refractivity contribution in [3.05, 3.63) is 58.6 Å². The molecule has 2 aromatic rings. The first-order valence-electron chi connectivity index (χ1n) is 7.03. The van der Waals surface area contributed by atoms with E-state index in [0.717, 1.165) is 24.2 Å². The highest BCUT2D eigenvalue weighted by atomic mass is 35.5. The summed E-state index contributed by atoms with van der Waals surface area (Å²) in [6.45, 7) is 4.83. The summed E-state index contributed by atoms with van der Waals surface area (Å²) < 4.78 is 0. The molecule has 0 aliphatic carbocycles. The van der Waals surface area contributed by atoms with Crippen LogP contribution in [-0.2, 0) is 0 Å². The molecule has 2 N–H and O–H groups in total. The molecule has 0 saturated carbocycles. The molecule has 0 fully saturated rings. The molecular weight excluding hydrogens is 284 g/mol. The molecule has 0 spiro atoms. The SMILES string of the molecule is CCCNc1ccccc1C(=O)Nc1c(C)cccc1Cl. The zero-order chi connectivity index (χ0) is 15.2. The third-order valence-corrected chi connectivity index (χ3v) is 3.51. The van der Waals surface area contributed by atoms with E-state index in [0.29, 0.717) is 16.3 Å². The Hall–Kier alpha value is -2.00. The number of halogens is 1. The second-order valence-corrected chi connectivity index (χ2v) is 5.27. The first-order chi connectivity index (χ1) is 10.1. The van der Waals surface area contributed by atoms with E-state index in [4.69, 9.17) is 11.6 Å². The first kappa shape index (κ1) is 15.4. The molecule has 0 bridgehead atoms. The number of nitrogens with one attached hydrogen (secondary N) is 2. The van der Waals surface area contributed by atoms with Gasteiger partial charge in [-0.3, -0.25) is 4.79 Å². The van der Waals surface area contributed by atoms with E-state index in [2.05, 4.69) is 17.6 Å². The Morgan fingerprint density at radius 2 is 1.90 bits per heavy atom. The van der Waals surface area contributed by atoms with Gasteiger partial charge in [-0.1, -0.05) is 42.8 Å². The topological polar surface area (TPSA) is 41.1 Å². The van der Waals surface area contributed by atoms with E-state index < -0.39 is 0 Å². The fraction of sp³-hybridized carbons (Fsp3) is 0.235. The number of hydrogen-bond donors (Lipinski definition) is 2. The van der Waals surface area contributed by atoms with Gasteiger partial charge in [-0.15, -0.1) is 0 Å². The van der Waals surface area contributed by atoms with Crippen molar-refractivity contribution >= 4 is 28.9 Å². The van der Waals surface area contributed by atoms with Gasteiger partial charge < -0.3 is 10.6 Å². The number of carbonyl (C=O) groups is 1. The average Bonchev–Trinajstić information content (AvgIpc) is 2.49. The molecular formula is C17H19ClN2O. The number of carbonyl (C=O) groups excluding carboxylic acids is 1. The molecule has 110 valence electrons. The Kier molecular flexibility index (Phi) is 5.23. The zero-order valence-corrected chi connectivity index (χ0v) is 13.0. The second-order valence-electron chi connectivity index (χ2n) is 4.86. The number of rotatable bonds is 5. The second kappa shape index (κ2) is 7.14. The molecule has 0 heterocycles. The molecule has 2 rings (SSSR count). The van der Waals surface area contributed by atoms with Crippen molar-refractivity contribution in [2.24, 2.45) is 0 Å². The third-order valence-electron chi connectivity index (χ3n) is 3.20. The predicted molar refractivity (Wildman–Crippen MR) is 89.4 cm³/mol. The molecule has 1 amide bonds. The summed E-state index contributed by atoms with van der Waals surface area (Å²) in [6.07, 6.45) is 1.000. The van der Waals surface area contributed by atoms with E-state index in [1.165, 1.54) is 0 Å². The van der Waals surface area contributed by atoms with Crippen molar-refractivity contribution in [1.29, 1.82) is 0 Å². The number of anilines is 2. The molecule has 4 heteroatoms. The van der Waals surface area contributed by atoms with Crippen LogP contribution in [0.25, 0.3) is 0 Å². The fourth-order valence-electron chi connectivity index (χ4n) is 2.07. The quantitative estimate of drug-likeness (QED) is 0.839. The van der Waals surface area contributed by atoms with Crippen molar-refractivity contribution < 1.29 is 4.79 Å². The molecule has 0 aliphatic heterocycles. The van der Waals surface area contributed by atoms with E-state index in [1.807, 2.05) is 37.3 Å². The Balaban J connectivity index is 2.25. The molecule has 0 atom stereocenters. The van der Waals surface area contributed by atoms with Crippen LogP contribution in [0.4, 0.5) is 11.4 Å². The van der Waals surface area contributed by atoms with E-state index in [-0.39, 0.29) is 5.91 Å². The molecule has 21 heavy (non-hydrogen) atoms. The van der Waals surface area contributed by atoms with Crippen molar-refractivity contribution in [2.45, 2.75) is 20.3 Å². The minimum Gasteiger partial charge on any atom is -0.384 e. The monoisotopic (exact) mass is 302 g/mol. The highest BCUT2D eigenvalue weighted by Crippen LogP contribution is 2.26. The summed E-state index contributed by atoms with van der Waals surface area (Å²) in [5.41, 5.74) is 3.05. The van der Waals surface area contributed by atoms with Crippen LogP contribution < -0.4 is 10.6 Å². The van der Waals surface area contributed by atoms with Gasteiger partial charge >= 0.3 is 0 Å². The maximum Gasteiger partial charge on any atom is 0.257 e. The number of amides is 1. The molecule has 0 aromatic heterocycles. The lowest BCUT2D eigenvalue weighted by molar-refractivity contribution is 0.102. The van der Waals surface area contributed by atoms with Crippen molar-refractivity contribution in [2.75, 3.05) is 17.2 Å². The average molecular weight is 303 g/mol. The van der Waals surface area contributed by atoms with Crippen LogP contribution in [0.15, 0.2) is 42.5 Å². The van der Waals surface area contributed by atoms with Crippen molar-refractivity contribution in [1.82, 2.24) is 0 Å².